The molecule has 1 saturated heterocycles. The van der Waals surface area contributed by atoms with Gasteiger partial charge in [-0.05, 0) is 5.56 Å². The predicted octanol–water partition coefficient (Wildman–Crippen LogP) is 1.43. The molecule has 8 nitrogen and oxygen atoms in total. The average molecular weight is 352 g/mol. The molecule has 1 aliphatic rings. The highest BCUT2D eigenvalue weighted by Crippen LogP contribution is 2.22. The van der Waals surface area contributed by atoms with Crippen LogP contribution in [0.1, 0.15) is 27.9 Å². The van der Waals surface area contributed by atoms with Crippen LogP contribution < -0.4 is 0 Å². The van der Waals surface area contributed by atoms with Crippen molar-refractivity contribution in [3.8, 4) is 0 Å². The Bertz CT molecular complexity index is 882. The first-order valence-corrected chi connectivity index (χ1v) is 8.49. The van der Waals surface area contributed by atoms with Crippen LogP contribution in [-0.2, 0) is 25.0 Å². The lowest BCUT2D eigenvalue weighted by Gasteiger charge is -2.38. The van der Waals surface area contributed by atoms with E-state index >= 15 is 0 Å². The van der Waals surface area contributed by atoms with Gasteiger partial charge in [0.15, 0.2) is 5.82 Å². The molecule has 0 saturated carbocycles. The fourth-order valence-corrected chi connectivity index (χ4v) is 2.91. The van der Waals surface area contributed by atoms with Crippen LogP contribution in [0.15, 0.2) is 48.9 Å². The summed E-state index contributed by atoms with van der Waals surface area (Å²) >= 11 is 0. The van der Waals surface area contributed by atoms with Crippen LogP contribution in [0.3, 0.4) is 0 Å². The molecule has 4 rings (SSSR count). The average Bonchev–Trinajstić information content (AvgIpc) is 3.24. The zero-order valence-electron chi connectivity index (χ0n) is 14.5. The quantitative estimate of drug-likeness (QED) is 0.671. The van der Waals surface area contributed by atoms with E-state index in [9.17, 15) is 4.79 Å². The molecule has 2 aromatic heterocycles. The zero-order valence-corrected chi connectivity index (χ0v) is 14.5. The molecular formula is C18H20N6O2. The zero-order chi connectivity index (χ0) is 17.9. The highest BCUT2D eigenvalue weighted by atomic mass is 16.5. The molecule has 1 amide bonds. The van der Waals surface area contributed by atoms with Crippen molar-refractivity contribution in [1.82, 2.24) is 29.4 Å². The lowest BCUT2D eigenvalue weighted by molar-refractivity contribution is 0.0482. The van der Waals surface area contributed by atoms with E-state index < -0.39 is 0 Å². The fourth-order valence-electron chi connectivity index (χ4n) is 2.91. The van der Waals surface area contributed by atoms with Crippen LogP contribution in [0, 0.1) is 0 Å². The lowest BCUT2D eigenvalue weighted by Crippen LogP contribution is -2.51. The normalized spacial score (nSPS) is 14.4. The summed E-state index contributed by atoms with van der Waals surface area (Å²) in [6.45, 7) is 2.18. The Morgan fingerprint density at radius 1 is 1.23 bits per heavy atom. The number of aromatic nitrogens is 5. The smallest absolute Gasteiger partial charge is 0.289 e. The van der Waals surface area contributed by atoms with Crippen molar-refractivity contribution < 1.29 is 9.53 Å². The summed E-state index contributed by atoms with van der Waals surface area (Å²) in [4.78, 5) is 18.2. The highest BCUT2D eigenvalue weighted by Gasteiger charge is 2.34. The van der Waals surface area contributed by atoms with Gasteiger partial charge in [-0.15, -0.1) is 5.10 Å². The molecule has 0 N–H and O–H groups in total. The number of amides is 1. The van der Waals surface area contributed by atoms with E-state index in [0.717, 1.165) is 11.3 Å². The van der Waals surface area contributed by atoms with Crippen molar-refractivity contribution in [2.24, 2.45) is 7.05 Å². The van der Waals surface area contributed by atoms with Crippen LogP contribution in [0.5, 0.6) is 0 Å². The number of hydrogen-bond donors (Lipinski definition) is 0. The van der Waals surface area contributed by atoms with Gasteiger partial charge in [0.05, 0.1) is 25.5 Å². The first-order chi connectivity index (χ1) is 12.7. The first kappa shape index (κ1) is 16.5. The second-order valence-electron chi connectivity index (χ2n) is 6.39. The van der Waals surface area contributed by atoms with E-state index in [-0.39, 0.29) is 11.9 Å². The van der Waals surface area contributed by atoms with E-state index in [1.54, 1.807) is 21.9 Å². The molecule has 0 unspecified atom stereocenters. The van der Waals surface area contributed by atoms with Crippen LogP contribution in [0.2, 0.25) is 0 Å². The molecule has 3 heterocycles. The Labute approximate surface area is 151 Å². The molecular weight excluding hydrogens is 332 g/mol. The molecule has 3 aromatic rings. The van der Waals surface area contributed by atoms with Gasteiger partial charge in [-0.2, -0.15) is 0 Å². The molecule has 134 valence electrons. The Morgan fingerprint density at radius 3 is 2.77 bits per heavy atom. The molecule has 26 heavy (non-hydrogen) atoms. The number of benzene rings is 1. The van der Waals surface area contributed by atoms with Gasteiger partial charge in [0.25, 0.3) is 5.91 Å². The number of imidazole rings is 1. The Hall–Kier alpha value is -3.00. The van der Waals surface area contributed by atoms with E-state index in [1.165, 1.54) is 0 Å². The molecule has 0 radical (unpaired) electrons. The summed E-state index contributed by atoms with van der Waals surface area (Å²) in [7, 11) is 1.82. The number of ether oxygens (including phenoxy) is 1. The number of likely N-dealkylation sites (tertiary alicyclic amines) is 1. The van der Waals surface area contributed by atoms with Crippen molar-refractivity contribution in [2.75, 3.05) is 13.1 Å². The Balaban J connectivity index is 1.27. The molecule has 0 atom stereocenters. The molecule has 1 aromatic carbocycles. The molecule has 8 heteroatoms. The molecule has 0 aliphatic carbocycles. The van der Waals surface area contributed by atoms with Gasteiger partial charge in [-0.1, -0.05) is 35.5 Å². The van der Waals surface area contributed by atoms with Crippen LogP contribution in [0.4, 0.5) is 0 Å². The minimum atomic E-state index is -0.0553. The van der Waals surface area contributed by atoms with Gasteiger partial charge in [0, 0.05) is 32.5 Å². The van der Waals surface area contributed by atoms with Gasteiger partial charge in [-0.25, -0.2) is 9.67 Å². The van der Waals surface area contributed by atoms with E-state index in [2.05, 4.69) is 15.3 Å². The van der Waals surface area contributed by atoms with Crippen LogP contribution in [-0.4, -0.2) is 48.4 Å². The third-order valence-electron chi connectivity index (χ3n) is 4.46. The lowest BCUT2D eigenvalue weighted by atomic mass is 10.1. The van der Waals surface area contributed by atoms with E-state index in [1.807, 2.05) is 48.3 Å². The van der Waals surface area contributed by atoms with Crippen LogP contribution >= 0.6 is 0 Å². The first-order valence-electron chi connectivity index (χ1n) is 8.49. The van der Waals surface area contributed by atoms with Gasteiger partial charge >= 0.3 is 0 Å². The number of carbonyl (C=O) groups excluding carboxylic acids is 1. The second-order valence-corrected chi connectivity index (χ2v) is 6.39. The SMILES string of the molecule is Cn1ccnc1C(=O)N1CC(n2cc(COCc3ccccc3)nn2)C1. The number of carbonyl (C=O) groups is 1. The monoisotopic (exact) mass is 352 g/mol. The number of hydrogen-bond acceptors (Lipinski definition) is 5. The Kier molecular flexibility index (Phi) is 4.49. The van der Waals surface area contributed by atoms with Gasteiger partial charge in [0.2, 0.25) is 0 Å². The summed E-state index contributed by atoms with van der Waals surface area (Å²) in [6.07, 6.45) is 5.28. The molecule has 1 fully saturated rings. The van der Waals surface area contributed by atoms with Crippen molar-refractivity contribution in [3.63, 3.8) is 0 Å². The topological polar surface area (TPSA) is 78.1 Å². The van der Waals surface area contributed by atoms with Crippen molar-refractivity contribution in [3.05, 3.63) is 66.0 Å². The van der Waals surface area contributed by atoms with E-state index in [0.29, 0.717) is 32.1 Å². The van der Waals surface area contributed by atoms with Gasteiger partial charge in [0.1, 0.15) is 5.69 Å². The van der Waals surface area contributed by atoms with Crippen molar-refractivity contribution in [2.45, 2.75) is 19.3 Å². The maximum Gasteiger partial charge on any atom is 0.289 e. The number of aryl methyl sites for hydroxylation is 1. The van der Waals surface area contributed by atoms with Crippen molar-refractivity contribution >= 4 is 5.91 Å². The summed E-state index contributed by atoms with van der Waals surface area (Å²) in [5.41, 5.74) is 1.91. The third kappa shape index (κ3) is 3.36. The fraction of sp³-hybridized carbons (Fsp3) is 0.333. The molecule has 0 spiro atoms. The summed E-state index contributed by atoms with van der Waals surface area (Å²) < 4.78 is 9.22. The summed E-state index contributed by atoms with van der Waals surface area (Å²) in [5, 5.41) is 8.32. The minimum absolute atomic E-state index is 0.0553. The summed E-state index contributed by atoms with van der Waals surface area (Å²) in [6, 6.07) is 10.2. The number of nitrogens with zero attached hydrogens (tertiary/aromatic N) is 6. The van der Waals surface area contributed by atoms with Gasteiger partial charge in [-0.3, -0.25) is 4.79 Å². The minimum Gasteiger partial charge on any atom is -0.370 e. The maximum atomic E-state index is 12.3. The predicted molar refractivity (Wildman–Crippen MR) is 93.1 cm³/mol. The second kappa shape index (κ2) is 7.09. The van der Waals surface area contributed by atoms with Crippen molar-refractivity contribution in [1.29, 1.82) is 0 Å². The Morgan fingerprint density at radius 2 is 2.04 bits per heavy atom. The van der Waals surface area contributed by atoms with E-state index in [4.69, 9.17) is 4.74 Å². The van der Waals surface area contributed by atoms with Gasteiger partial charge < -0.3 is 14.2 Å². The largest absolute Gasteiger partial charge is 0.370 e. The summed E-state index contributed by atoms with van der Waals surface area (Å²) in [5.74, 6) is 0.400. The standard InChI is InChI=1S/C18H20N6O2/c1-22-8-7-19-17(22)18(25)23-10-16(11-23)24-9-15(20-21-24)13-26-12-14-5-3-2-4-6-14/h2-9,16H,10-13H2,1H3. The van der Waals surface area contributed by atoms with Crippen LogP contribution in [0.25, 0.3) is 0 Å². The number of rotatable bonds is 6. The third-order valence-corrected chi connectivity index (χ3v) is 4.46. The highest BCUT2D eigenvalue weighted by molar-refractivity contribution is 5.91. The molecule has 1 aliphatic heterocycles. The maximum absolute atomic E-state index is 12.3. The molecule has 0 bridgehead atoms.